The van der Waals surface area contributed by atoms with Gasteiger partial charge >= 0.3 is 5.97 Å². The third-order valence-electron chi connectivity index (χ3n) is 5.10. The maximum Gasteiger partial charge on any atom is 0.338 e. The number of benzene rings is 3. The molecule has 1 amide bonds. The van der Waals surface area contributed by atoms with Gasteiger partial charge in [0.05, 0.1) is 17.1 Å². The van der Waals surface area contributed by atoms with E-state index >= 15 is 0 Å². The van der Waals surface area contributed by atoms with Gasteiger partial charge in [-0.3, -0.25) is 4.79 Å². The van der Waals surface area contributed by atoms with E-state index in [-0.39, 0.29) is 22.9 Å². The third-order valence-corrected chi connectivity index (χ3v) is 6.49. The van der Waals surface area contributed by atoms with Crippen molar-refractivity contribution >= 4 is 21.9 Å². The molecule has 1 N–H and O–H groups in total. The number of likely N-dealkylation sites (N-methyl/N-ethyl adjacent to an activating group) is 1. The molecule has 0 aliphatic carbocycles. The fraction of sp³-hybridized carbons (Fsp3) is 0.231. The number of esters is 1. The molecule has 0 fully saturated rings. The molecule has 0 bridgehead atoms. The predicted molar refractivity (Wildman–Crippen MR) is 131 cm³/mol. The number of sulfonamides is 1. The van der Waals surface area contributed by atoms with Crippen LogP contribution in [0.15, 0.2) is 83.8 Å². The van der Waals surface area contributed by atoms with Crippen molar-refractivity contribution in [1.82, 2.24) is 9.62 Å². The van der Waals surface area contributed by atoms with Gasteiger partial charge in [0.15, 0.2) is 6.61 Å². The van der Waals surface area contributed by atoms with E-state index in [1.54, 1.807) is 19.2 Å². The van der Waals surface area contributed by atoms with Gasteiger partial charge in [-0.05, 0) is 48.4 Å². The summed E-state index contributed by atoms with van der Waals surface area (Å²) in [4.78, 5) is 26.3. The summed E-state index contributed by atoms with van der Waals surface area (Å²) in [5.74, 6) is -0.424. The third kappa shape index (κ3) is 7.66. The zero-order valence-electron chi connectivity index (χ0n) is 19.6. The highest BCUT2D eigenvalue weighted by Gasteiger charge is 2.18. The first-order valence-electron chi connectivity index (χ1n) is 11.0. The second kappa shape index (κ2) is 12.1. The fourth-order valence-electron chi connectivity index (χ4n) is 3.19. The van der Waals surface area contributed by atoms with Gasteiger partial charge in [-0.1, -0.05) is 48.5 Å². The van der Waals surface area contributed by atoms with Gasteiger partial charge in [0.2, 0.25) is 10.0 Å². The summed E-state index contributed by atoms with van der Waals surface area (Å²) in [5.41, 5.74) is 1.74. The zero-order chi connectivity index (χ0) is 25.3. The largest absolute Gasteiger partial charge is 0.494 e. The second-order valence-corrected chi connectivity index (χ2v) is 9.51. The van der Waals surface area contributed by atoms with Crippen molar-refractivity contribution in [1.29, 1.82) is 0 Å². The molecule has 0 aliphatic heterocycles. The standard InChI is InChI=1S/C26H28N2O6S/c1-3-33-23-14-12-21(13-15-23)18-28(2)25(29)19-34-26(30)22-10-7-11-24(16-22)35(31,32)27-17-20-8-5-4-6-9-20/h4-16,27H,3,17-19H2,1-2H3. The Kier molecular flexibility index (Phi) is 8.99. The van der Waals surface area contributed by atoms with E-state index in [2.05, 4.69) is 4.72 Å². The Hall–Kier alpha value is -3.69. The SMILES string of the molecule is CCOc1ccc(CN(C)C(=O)COC(=O)c2cccc(S(=O)(=O)NCc3ccccc3)c2)cc1. The molecule has 9 heteroatoms. The lowest BCUT2D eigenvalue weighted by Crippen LogP contribution is -2.30. The average molecular weight is 497 g/mol. The monoisotopic (exact) mass is 496 g/mol. The second-order valence-electron chi connectivity index (χ2n) is 7.74. The summed E-state index contributed by atoms with van der Waals surface area (Å²) in [6.07, 6.45) is 0. The van der Waals surface area contributed by atoms with Gasteiger partial charge in [0.25, 0.3) is 5.91 Å². The normalized spacial score (nSPS) is 11.0. The minimum atomic E-state index is -3.84. The zero-order valence-corrected chi connectivity index (χ0v) is 20.5. The van der Waals surface area contributed by atoms with E-state index in [1.165, 1.54) is 29.2 Å². The number of carbonyl (C=O) groups excluding carboxylic acids is 2. The Balaban J connectivity index is 1.54. The number of ether oxygens (including phenoxy) is 2. The first kappa shape index (κ1) is 25.9. The van der Waals surface area contributed by atoms with Gasteiger partial charge < -0.3 is 14.4 Å². The Morgan fingerprint density at radius 3 is 2.31 bits per heavy atom. The molecule has 3 aromatic rings. The molecule has 0 saturated heterocycles. The van der Waals surface area contributed by atoms with Crippen molar-refractivity contribution in [2.75, 3.05) is 20.3 Å². The molecule has 0 atom stereocenters. The minimum absolute atomic E-state index is 0.0366. The minimum Gasteiger partial charge on any atom is -0.494 e. The van der Waals surface area contributed by atoms with E-state index in [0.29, 0.717) is 13.2 Å². The summed E-state index contributed by atoms with van der Waals surface area (Å²) < 4.78 is 38.3. The van der Waals surface area contributed by atoms with Crippen LogP contribution in [0.2, 0.25) is 0 Å². The molecule has 0 aromatic heterocycles. The van der Waals surface area contributed by atoms with Crippen molar-refractivity contribution in [3.63, 3.8) is 0 Å². The van der Waals surface area contributed by atoms with E-state index in [9.17, 15) is 18.0 Å². The van der Waals surface area contributed by atoms with E-state index in [4.69, 9.17) is 9.47 Å². The number of amides is 1. The summed E-state index contributed by atoms with van der Waals surface area (Å²) >= 11 is 0. The molecule has 0 saturated carbocycles. The van der Waals surface area contributed by atoms with Gasteiger partial charge in [0, 0.05) is 20.1 Å². The van der Waals surface area contributed by atoms with Crippen LogP contribution in [0.4, 0.5) is 0 Å². The predicted octanol–water partition coefficient (Wildman–Crippen LogP) is 3.38. The molecule has 3 rings (SSSR count). The lowest BCUT2D eigenvalue weighted by Gasteiger charge is -2.17. The summed E-state index contributed by atoms with van der Waals surface area (Å²) in [5, 5.41) is 0. The van der Waals surface area contributed by atoms with E-state index < -0.39 is 22.6 Å². The number of nitrogens with one attached hydrogen (secondary N) is 1. The molecule has 0 unspecified atom stereocenters. The number of rotatable bonds is 11. The summed E-state index contributed by atoms with van der Waals surface area (Å²) in [6, 6.07) is 22.0. The van der Waals surface area contributed by atoms with E-state index in [0.717, 1.165) is 16.9 Å². The maximum atomic E-state index is 12.6. The molecule has 184 valence electrons. The van der Waals surface area contributed by atoms with Crippen LogP contribution in [-0.4, -0.2) is 45.5 Å². The number of hydrogen-bond donors (Lipinski definition) is 1. The highest BCUT2D eigenvalue weighted by molar-refractivity contribution is 7.89. The van der Waals surface area contributed by atoms with Crippen molar-refractivity contribution in [2.24, 2.45) is 0 Å². The van der Waals surface area contributed by atoms with Gasteiger partial charge in [-0.15, -0.1) is 0 Å². The van der Waals surface area contributed by atoms with Crippen molar-refractivity contribution in [3.05, 3.63) is 95.6 Å². The molecule has 0 heterocycles. The van der Waals surface area contributed by atoms with Crippen LogP contribution >= 0.6 is 0 Å². The van der Waals surface area contributed by atoms with E-state index in [1.807, 2.05) is 49.4 Å². The Morgan fingerprint density at radius 1 is 0.914 bits per heavy atom. The first-order valence-corrected chi connectivity index (χ1v) is 12.5. The molecular weight excluding hydrogens is 468 g/mol. The van der Waals surface area contributed by atoms with Crippen LogP contribution in [0, 0.1) is 0 Å². The fourth-order valence-corrected chi connectivity index (χ4v) is 4.25. The van der Waals surface area contributed by atoms with Crippen LogP contribution in [0.1, 0.15) is 28.4 Å². The average Bonchev–Trinajstić information content (AvgIpc) is 2.88. The van der Waals surface area contributed by atoms with Crippen LogP contribution in [0.5, 0.6) is 5.75 Å². The highest BCUT2D eigenvalue weighted by Crippen LogP contribution is 2.15. The molecule has 0 radical (unpaired) electrons. The first-order chi connectivity index (χ1) is 16.8. The van der Waals surface area contributed by atoms with Crippen molar-refractivity contribution < 1.29 is 27.5 Å². The molecule has 3 aromatic carbocycles. The lowest BCUT2D eigenvalue weighted by atomic mass is 10.2. The molecular formula is C26H28N2O6S. The molecule has 35 heavy (non-hydrogen) atoms. The molecule has 8 nitrogen and oxygen atoms in total. The maximum absolute atomic E-state index is 12.6. The topological polar surface area (TPSA) is 102 Å². The smallest absolute Gasteiger partial charge is 0.338 e. The van der Waals surface area contributed by atoms with Crippen LogP contribution in [0.25, 0.3) is 0 Å². The number of nitrogens with zero attached hydrogens (tertiary/aromatic N) is 1. The Morgan fingerprint density at radius 2 is 1.63 bits per heavy atom. The van der Waals surface area contributed by atoms with Crippen LogP contribution in [-0.2, 0) is 32.6 Å². The Bertz CT molecular complexity index is 1240. The van der Waals surface area contributed by atoms with Crippen LogP contribution in [0.3, 0.4) is 0 Å². The highest BCUT2D eigenvalue weighted by atomic mass is 32.2. The van der Waals surface area contributed by atoms with Gasteiger partial charge in [-0.25, -0.2) is 17.9 Å². The molecule has 0 aliphatic rings. The molecule has 0 spiro atoms. The number of carbonyl (C=O) groups is 2. The van der Waals surface area contributed by atoms with Gasteiger partial charge in [0.1, 0.15) is 5.75 Å². The summed E-state index contributed by atoms with van der Waals surface area (Å²) in [6.45, 7) is 2.47. The quantitative estimate of drug-likeness (QED) is 0.409. The van der Waals surface area contributed by atoms with Crippen LogP contribution < -0.4 is 9.46 Å². The Labute approximate surface area is 205 Å². The van der Waals surface area contributed by atoms with Crippen molar-refractivity contribution in [2.45, 2.75) is 24.9 Å². The summed E-state index contributed by atoms with van der Waals surface area (Å²) in [7, 11) is -2.23. The lowest BCUT2D eigenvalue weighted by molar-refractivity contribution is -0.133. The van der Waals surface area contributed by atoms with Gasteiger partial charge in [-0.2, -0.15) is 0 Å². The van der Waals surface area contributed by atoms with Crippen molar-refractivity contribution in [3.8, 4) is 5.75 Å². The number of hydrogen-bond acceptors (Lipinski definition) is 6.